The minimum Gasteiger partial charge on any atom is -0.463 e. The molecular formula is C18H36O4. The van der Waals surface area contributed by atoms with Crippen molar-refractivity contribution < 1.29 is 19.0 Å². The van der Waals surface area contributed by atoms with Crippen molar-refractivity contribution in [2.45, 2.75) is 84.7 Å². The summed E-state index contributed by atoms with van der Waals surface area (Å²) < 4.78 is 16.2. The van der Waals surface area contributed by atoms with Crippen LogP contribution in [0.25, 0.3) is 0 Å². The van der Waals surface area contributed by atoms with Gasteiger partial charge in [-0.3, -0.25) is 4.79 Å². The summed E-state index contributed by atoms with van der Waals surface area (Å²) in [6.45, 7) is 8.97. The predicted molar refractivity (Wildman–Crippen MR) is 90.1 cm³/mol. The van der Waals surface area contributed by atoms with E-state index >= 15 is 0 Å². The number of unbranched alkanes of at least 4 members (excludes halogenated alkanes) is 4. The van der Waals surface area contributed by atoms with Crippen LogP contribution >= 0.6 is 0 Å². The Labute approximate surface area is 136 Å². The van der Waals surface area contributed by atoms with Gasteiger partial charge in [0.25, 0.3) is 0 Å². The van der Waals surface area contributed by atoms with Gasteiger partial charge in [-0.15, -0.1) is 0 Å². The zero-order valence-electron chi connectivity index (χ0n) is 14.9. The summed E-state index contributed by atoms with van der Waals surface area (Å²) in [6.07, 6.45) is 9.29. The number of hydrogen-bond donors (Lipinski definition) is 0. The van der Waals surface area contributed by atoms with Crippen LogP contribution in [0.3, 0.4) is 0 Å². The normalized spacial score (nSPS) is 12.3. The molecule has 132 valence electrons. The Morgan fingerprint density at radius 2 is 1.45 bits per heavy atom. The lowest BCUT2D eigenvalue weighted by Gasteiger charge is -2.13. The number of hydrogen-bond acceptors (Lipinski definition) is 4. The van der Waals surface area contributed by atoms with Crippen molar-refractivity contribution in [3.63, 3.8) is 0 Å². The van der Waals surface area contributed by atoms with Gasteiger partial charge in [-0.25, -0.2) is 0 Å². The molecule has 0 aliphatic heterocycles. The van der Waals surface area contributed by atoms with Gasteiger partial charge < -0.3 is 14.2 Å². The summed E-state index contributed by atoms with van der Waals surface area (Å²) in [5.41, 5.74) is 0. The molecule has 22 heavy (non-hydrogen) atoms. The highest BCUT2D eigenvalue weighted by Gasteiger charge is 2.08. The summed E-state index contributed by atoms with van der Waals surface area (Å²) in [6, 6.07) is 0. The van der Waals surface area contributed by atoms with Crippen molar-refractivity contribution >= 4 is 5.97 Å². The summed E-state index contributed by atoms with van der Waals surface area (Å²) >= 11 is 0. The second kappa shape index (κ2) is 16.8. The quantitative estimate of drug-likeness (QED) is 0.310. The molecule has 0 aliphatic carbocycles. The summed E-state index contributed by atoms with van der Waals surface area (Å²) in [5, 5.41) is 0. The first kappa shape index (κ1) is 21.4. The van der Waals surface area contributed by atoms with Gasteiger partial charge in [0.05, 0.1) is 19.3 Å². The van der Waals surface area contributed by atoms with Crippen molar-refractivity contribution in [3.05, 3.63) is 0 Å². The van der Waals surface area contributed by atoms with E-state index in [0.717, 1.165) is 38.7 Å². The summed E-state index contributed by atoms with van der Waals surface area (Å²) in [7, 11) is 0. The molecule has 0 radical (unpaired) electrons. The highest BCUT2D eigenvalue weighted by Crippen LogP contribution is 2.09. The minimum absolute atomic E-state index is 0.0391. The molecule has 0 heterocycles. The number of rotatable bonds is 16. The summed E-state index contributed by atoms with van der Waals surface area (Å²) in [4.78, 5) is 11.6. The molecule has 0 rings (SSSR count). The average molecular weight is 316 g/mol. The van der Waals surface area contributed by atoms with Gasteiger partial charge in [-0.1, -0.05) is 39.5 Å². The van der Waals surface area contributed by atoms with Gasteiger partial charge in [-0.05, 0) is 32.6 Å². The van der Waals surface area contributed by atoms with Crippen LogP contribution in [0, 0.1) is 0 Å². The van der Waals surface area contributed by atoms with E-state index < -0.39 is 0 Å². The molecule has 0 bridgehead atoms. The van der Waals surface area contributed by atoms with Crippen molar-refractivity contribution in [2.24, 2.45) is 0 Å². The van der Waals surface area contributed by atoms with Crippen LogP contribution in [0.4, 0.5) is 0 Å². The number of carbonyl (C=O) groups is 1. The number of ether oxygens (including phenoxy) is 3. The monoisotopic (exact) mass is 316 g/mol. The van der Waals surface area contributed by atoms with Crippen molar-refractivity contribution in [1.29, 1.82) is 0 Å². The van der Waals surface area contributed by atoms with Gasteiger partial charge in [0.2, 0.25) is 0 Å². The minimum atomic E-state index is -0.106. The van der Waals surface area contributed by atoms with E-state index in [1.54, 1.807) is 0 Å². The van der Waals surface area contributed by atoms with Crippen LogP contribution in [0.1, 0.15) is 78.6 Å². The molecular weight excluding hydrogens is 280 g/mol. The molecule has 0 aromatic heterocycles. The number of esters is 1. The van der Waals surface area contributed by atoms with Gasteiger partial charge in [-0.2, -0.15) is 0 Å². The fraction of sp³-hybridized carbons (Fsp3) is 0.944. The molecule has 1 unspecified atom stereocenters. The van der Waals surface area contributed by atoms with E-state index in [0.29, 0.717) is 26.2 Å². The lowest BCUT2D eigenvalue weighted by molar-refractivity contribution is -0.148. The topological polar surface area (TPSA) is 44.8 Å². The van der Waals surface area contributed by atoms with E-state index in [2.05, 4.69) is 13.8 Å². The maximum atomic E-state index is 11.6. The molecule has 0 spiro atoms. The molecule has 0 aromatic rings. The average Bonchev–Trinajstić information content (AvgIpc) is 2.50. The fourth-order valence-electron chi connectivity index (χ4n) is 2.09. The Balaban J connectivity index is 3.31. The highest BCUT2D eigenvalue weighted by atomic mass is 16.5. The van der Waals surface area contributed by atoms with Gasteiger partial charge in [0.1, 0.15) is 0 Å². The smallest absolute Gasteiger partial charge is 0.306 e. The zero-order valence-corrected chi connectivity index (χ0v) is 14.9. The Kier molecular flexibility index (Phi) is 16.3. The second-order valence-electron chi connectivity index (χ2n) is 5.83. The second-order valence-corrected chi connectivity index (χ2v) is 5.83. The van der Waals surface area contributed by atoms with Crippen LogP contribution in [0.15, 0.2) is 0 Å². The van der Waals surface area contributed by atoms with Gasteiger partial charge in [0.15, 0.2) is 0 Å². The molecule has 0 amide bonds. The molecule has 0 aromatic carbocycles. The maximum absolute atomic E-state index is 11.6. The van der Waals surface area contributed by atoms with Crippen molar-refractivity contribution in [1.82, 2.24) is 0 Å². The zero-order chi connectivity index (χ0) is 16.5. The highest BCUT2D eigenvalue weighted by molar-refractivity contribution is 5.69. The lowest BCUT2D eigenvalue weighted by Crippen LogP contribution is -2.15. The summed E-state index contributed by atoms with van der Waals surface area (Å²) in [5.74, 6) is -0.106. The Bertz CT molecular complexity index is 243. The third-order valence-corrected chi connectivity index (χ3v) is 3.48. The predicted octanol–water partition coefficient (Wildman–Crippen LogP) is 4.50. The van der Waals surface area contributed by atoms with Gasteiger partial charge >= 0.3 is 5.97 Å². The first-order valence-corrected chi connectivity index (χ1v) is 9.05. The van der Waals surface area contributed by atoms with Crippen LogP contribution in [0.2, 0.25) is 0 Å². The largest absolute Gasteiger partial charge is 0.463 e. The standard InChI is InChI=1S/C18H36O4/c1-4-6-8-9-11-17(3)22-18(19)12-10-14-21-16-15-20-13-7-5-2/h17H,4-16H2,1-3H3. The Morgan fingerprint density at radius 1 is 0.818 bits per heavy atom. The third kappa shape index (κ3) is 15.8. The van der Waals surface area contributed by atoms with Crippen LogP contribution in [-0.2, 0) is 19.0 Å². The molecule has 0 aliphatic rings. The van der Waals surface area contributed by atoms with E-state index in [4.69, 9.17) is 14.2 Å². The van der Waals surface area contributed by atoms with Crippen LogP contribution in [0.5, 0.6) is 0 Å². The first-order chi connectivity index (χ1) is 10.7. The fourth-order valence-corrected chi connectivity index (χ4v) is 2.09. The van der Waals surface area contributed by atoms with Gasteiger partial charge in [0, 0.05) is 19.6 Å². The molecule has 1 atom stereocenters. The van der Waals surface area contributed by atoms with Crippen LogP contribution < -0.4 is 0 Å². The molecule has 0 fully saturated rings. The number of carbonyl (C=O) groups excluding carboxylic acids is 1. The Hall–Kier alpha value is -0.610. The molecule has 4 nitrogen and oxygen atoms in total. The molecule has 4 heteroatoms. The van der Waals surface area contributed by atoms with Crippen molar-refractivity contribution in [3.8, 4) is 0 Å². The maximum Gasteiger partial charge on any atom is 0.306 e. The van der Waals surface area contributed by atoms with Crippen molar-refractivity contribution in [2.75, 3.05) is 26.4 Å². The molecule has 0 N–H and O–H groups in total. The molecule has 0 saturated heterocycles. The first-order valence-electron chi connectivity index (χ1n) is 9.05. The molecule has 0 saturated carbocycles. The lowest BCUT2D eigenvalue weighted by atomic mass is 10.1. The Morgan fingerprint density at radius 3 is 2.09 bits per heavy atom. The SMILES string of the molecule is CCCCCCC(C)OC(=O)CCCOCCOCCCC. The van der Waals surface area contributed by atoms with E-state index in [9.17, 15) is 4.79 Å². The third-order valence-electron chi connectivity index (χ3n) is 3.48. The van der Waals surface area contributed by atoms with Crippen LogP contribution in [-0.4, -0.2) is 38.5 Å². The van der Waals surface area contributed by atoms with E-state index in [1.165, 1.54) is 19.3 Å². The van der Waals surface area contributed by atoms with E-state index in [-0.39, 0.29) is 12.1 Å². The van der Waals surface area contributed by atoms with E-state index in [1.807, 2.05) is 6.92 Å².